The molecule has 0 aliphatic heterocycles. The Morgan fingerprint density at radius 1 is 1.27 bits per heavy atom. The van der Waals surface area contributed by atoms with Crippen molar-refractivity contribution < 1.29 is 9.53 Å². The fraction of sp³-hybridized carbons (Fsp3) is 0.533. The van der Waals surface area contributed by atoms with Gasteiger partial charge in [0.25, 0.3) is 5.91 Å². The van der Waals surface area contributed by atoms with Gasteiger partial charge in [-0.25, -0.2) is 0 Å². The highest BCUT2D eigenvalue weighted by Crippen LogP contribution is 2.27. The summed E-state index contributed by atoms with van der Waals surface area (Å²) >= 11 is 11.8. The number of benzene rings is 1. The van der Waals surface area contributed by atoms with Crippen molar-refractivity contribution in [2.24, 2.45) is 5.73 Å². The molecule has 1 atom stereocenters. The lowest BCUT2D eigenvalue weighted by molar-refractivity contribution is -0.128. The number of hydrogen-bond donors (Lipinski definition) is 2. The molecule has 1 amide bonds. The normalized spacial score (nSPS) is 22.4. The zero-order valence-corrected chi connectivity index (χ0v) is 14.7. The summed E-state index contributed by atoms with van der Waals surface area (Å²) in [6.45, 7) is 1.71. The van der Waals surface area contributed by atoms with E-state index in [2.05, 4.69) is 5.32 Å². The predicted octanol–water partition coefficient (Wildman–Crippen LogP) is 3.57. The Balaban J connectivity index is 0.00000242. The van der Waals surface area contributed by atoms with Gasteiger partial charge in [0, 0.05) is 18.2 Å². The molecule has 0 bridgehead atoms. The summed E-state index contributed by atoms with van der Waals surface area (Å²) in [6, 6.07) is 5.40. The fourth-order valence-corrected chi connectivity index (χ4v) is 2.68. The Labute approximate surface area is 147 Å². The molecule has 22 heavy (non-hydrogen) atoms. The summed E-state index contributed by atoms with van der Waals surface area (Å²) in [5, 5.41) is 3.87. The van der Waals surface area contributed by atoms with Crippen LogP contribution in [0.2, 0.25) is 10.0 Å². The van der Waals surface area contributed by atoms with E-state index < -0.39 is 6.10 Å². The van der Waals surface area contributed by atoms with Gasteiger partial charge < -0.3 is 15.8 Å². The number of carbonyl (C=O) groups is 1. The number of nitrogens with one attached hydrogen (secondary N) is 1. The lowest BCUT2D eigenvalue weighted by atomic mass is 9.92. The second-order valence-corrected chi connectivity index (χ2v) is 6.27. The maximum atomic E-state index is 12.1. The minimum Gasteiger partial charge on any atom is -0.481 e. The third-order valence-corrected chi connectivity index (χ3v) is 4.43. The number of halogens is 3. The molecule has 1 aromatic rings. The Morgan fingerprint density at radius 2 is 1.91 bits per heavy atom. The van der Waals surface area contributed by atoms with E-state index in [1.165, 1.54) is 0 Å². The summed E-state index contributed by atoms with van der Waals surface area (Å²) < 4.78 is 5.59. The Morgan fingerprint density at radius 3 is 2.50 bits per heavy atom. The van der Waals surface area contributed by atoms with Gasteiger partial charge >= 0.3 is 0 Å². The maximum Gasteiger partial charge on any atom is 0.260 e. The number of ether oxygens (including phenoxy) is 1. The molecule has 0 spiro atoms. The van der Waals surface area contributed by atoms with Gasteiger partial charge in [-0.05, 0) is 44.7 Å². The molecule has 1 fully saturated rings. The number of nitrogens with two attached hydrogens (primary N) is 1. The van der Waals surface area contributed by atoms with Crippen LogP contribution in [0.25, 0.3) is 0 Å². The van der Waals surface area contributed by atoms with Crippen LogP contribution in [0.15, 0.2) is 18.2 Å². The lowest BCUT2D eigenvalue weighted by Gasteiger charge is -2.27. The second-order valence-electron chi connectivity index (χ2n) is 5.46. The van der Waals surface area contributed by atoms with Gasteiger partial charge in [-0.15, -0.1) is 12.4 Å². The van der Waals surface area contributed by atoms with Gasteiger partial charge in [0.15, 0.2) is 6.10 Å². The molecule has 0 saturated heterocycles. The molecule has 124 valence electrons. The highest BCUT2D eigenvalue weighted by molar-refractivity contribution is 6.42. The van der Waals surface area contributed by atoms with E-state index in [1.807, 2.05) is 0 Å². The summed E-state index contributed by atoms with van der Waals surface area (Å²) in [7, 11) is 0. The first-order chi connectivity index (χ1) is 9.95. The summed E-state index contributed by atoms with van der Waals surface area (Å²) in [4.78, 5) is 12.1. The van der Waals surface area contributed by atoms with Crippen molar-refractivity contribution in [1.82, 2.24) is 5.32 Å². The Bertz CT molecular complexity index is 506. The third kappa shape index (κ3) is 5.51. The van der Waals surface area contributed by atoms with E-state index >= 15 is 0 Å². The minimum atomic E-state index is -0.585. The molecule has 0 radical (unpaired) electrons. The van der Waals surface area contributed by atoms with E-state index in [-0.39, 0.29) is 30.4 Å². The van der Waals surface area contributed by atoms with E-state index in [9.17, 15) is 4.79 Å². The molecule has 0 aromatic heterocycles. The van der Waals surface area contributed by atoms with E-state index in [0.29, 0.717) is 15.8 Å². The largest absolute Gasteiger partial charge is 0.481 e. The number of amides is 1. The van der Waals surface area contributed by atoms with Crippen molar-refractivity contribution in [3.8, 4) is 5.75 Å². The summed E-state index contributed by atoms with van der Waals surface area (Å²) in [5.74, 6) is 0.402. The minimum absolute atomic E-state index is 0. The molecule has 4 nitrogen and oxygen atoms in total. The average Bonchev–Trinajstić information content (AvgIpc) is 2.45. The topological polar surface area (TPSA) is 64.3 Å². The maximum absolute atomic E-state index is 12.1. The average molecular weight is 368 g/mol. The molecular weight excluding hydrogens is 347 g/mol. The van der Waals surface area contributed by atoms with Gasteiger partial charge in [-0.1, -0.05) is 23.2 Å². The molecule has 0 heterocycles. The zero-order valence-electron chi connectivity index (χ0n) is 12.4. The molecule has 1 aromatic carbocycles. The smallest absolute Gasteiger partial charge is 0.260 e. The lowest BCUT2D eigenvalue weighted by Crippen LogP contribution is -2.45. The molecule has 1 unspecified atom stereocenters. The first-order valence-corrected chi connectivity index (χ1v) is 7.89. The van der Waals surface area contributed by atoms with Crippen molar-refractivity contribution >= 4 is 41.5 Å². The Hall–Kier alpha value is -0.680. The van der Waals surface area contributed by atoms with Gasteiger partial charge in [0.05, 0.1) is 10.0 Å². The SMILES string of the molecule is CC(Oc1ccc(Cl)c(Cl)c1)C(=O)NC1CCC(N)CC1.Cl. The third-order valence-electron chi connectivity index (χ3n) is 3.69. The van der Waals surface area contributed by atoms with Crippen LogP contribution in [0.1, 0.15) is 32.6 Å². The fourth-order valence-electron chi connectivity index (χ4n) is 2.39. The monoisotopic (exact) mass is 366 g/mol. The molecule has 1 saturated carbocycles. The van der Waals surface area contributed by atoms with Crippen LogP contribution in [-0.2, 0) is 4.79 Å². The Kier molecular flexibility index (Phi) is 7.77. The quantitative estimate of drug-likeness (QED) is 0.855. The molecular formula is C15H21Cl3N2O2. The highest BCUT2D eigenvalue weighted by atomic mass is 35.5. The van der Waals surface area contributed by atoms with Crippen LogP contribution in [0.4, 0.5) is 0 Å². The van der Waals surface area contributed by atoms with Gasteiger partial charge in [-0.2, -0.15) is 0 Å². The van der Waals surface area contributed by atoms with Gasteiger partial charge in [-0.3, -0.25) is 4.79 Å². The van der Waals surface area contributed by atoms with Crippen LogP contribution in [0.3, 0.4) is 0 Å². The van der Waals surface area contributed by atoms with E-state index in [1.54, 1.807) is 25.1 Å². The first kappa shape index (κ1) is 19.4. The highest BCUT2D eigenvalue weighted by Gasteiger charge is 2.23. The van der Waals surface area contributed by atoms with E-state index in [4.69, 9.17) is 33.7 Å². The van der Waals surface area contributed by atoms with Crippen LogP contribution in [0, 0.1) is 0 Å². The predicted molar refractivity (Wildman–Crippen MR) is 92.2 cm³/mol. The summed E-state index contributed by atoms with van der Waals surface area (Å²) in [5.41, 5.74) is 5.86. The number of carbonyl (C=O) groups excluding carboxylic acids is 1. The number of rotatable bonds is 4. The van der Waals surface area contributed by atoms with Crippen LogP contribution in [0.5, 0.6) is 5.75 Å². The standard InChI is InChI=1S/C15H20Cl2N2O2.ClH/c1-9(21-12-6-7-13(16)14(17)8-12)15(20)19-11-4-2-10(18)3-5-11;/h6-11H,2-5,18H2,1H3,(H,19,20);1H. The number of hydrogen-bond acceptors (Lipinski definition) is 3. The second kappa shape index (κ2) is 8.82. The van der Waals surface area contributed by atoms with Crippen molar-refractivity contribution in [2.45, 2.75) is 50.8 Å². The van der Waals surface area contributed by atoms with Gasteiger partial charge in [0.2, 0.25) is 0 Å². The molecule has 2 rings (SSSR count). The van der Waals surface area contributed by atoms with Crippen LogP contribution < -0.4 is 15.8 Å². The molecule has 1 aliphatic rings. The van der Waals surface area contributed by atoms with Crippen molar-refractivity contribution in [2.75, 3.05) is 0 Å². The van der Waals surface area contributed by atoms with E-state index in [0.717, 1.165) is 25.7 Å². The zero-order chi connectivity index (χ0) is 15.4. The van der Waals surface area contributed by atoms with Crippen molar-refractivity contribution in [3.05, 3.63) is 28.2 Å². The first-order valence-electron chi connectivity index (χ1n) is 7.13. The van der Waals surface area contributed by atoms with Gasteiger partial charge in [0.1, 0.15) is 5.75 Å². The van der Waals surface area contributed by atoms with Crippen LogP contribution >= 0.6 is 35.6 Å². The molecule has 3 N–H and O–H groups in total. The van der Waals surface area contributed by atoms with Crippen molar-refractivity contribution in [1.29, 1.82) is 0 Å². The van der Waals surface area contributed by atoms with Crippen molar-refractivity contribution in [3.63, 3.8) is 0 Å². The molecule has 1 aliphatic carbocycles. The molecule has 7 heteroatoms. The van der Waals surface area contributed by atoms with Crippen LogP contribution in [-0.4, -0.2) is 24.1 Å². The summed E-state index contributed by atoms with van der Waals surface area (Å²) in [6.07, 6.45) is 3.16.